The van der Waals surface area contributed by atoms with Crippen molar-refractivity contribution in [3.05, 3.63) is 28.2 Å². The van der Waals surface area contributed by atoms with Crippen LogP contribution in [0.15, 0.2) is 22.7 Å². The highest BCUT2D eigenvalue weighted by molar-refractivity contribution is 9.10. The Bertz CT molecular complexity index is 385. The fraction of sp³-hybridized carbons (Fsp3) is 0.364. The van der Waals surface area contributed by atoms with E-state index < -0.39 is 6.10 Å². The molecule has 1 amide bonds. The first kappa shape index (κ1) is 10.6. The number of amides is 1. The molecule has 0 saturated carbocycles. The van der Waals surface area contributed by atoms with Gasteiger partial charge in [0.15, 0.2) is 0 Å². The van der Waals surface area contributed by atoms with Crippen molar-refractivity contribution >= 4 is 27.5 Å². The lowest BCUT2D eigenvalue weighted by Gasteiger charge is -2.16. The Morgan fingerprint density at radius 1 is 1.47 bits per heavy atom. The zero-order valence-corrected chi connectivity index (χ0v) is 9.99. The van der Waals surface area contributed by atoms with Crippen LogP contribution in [0.4, 0.5) is 5.69 Å². The zero-order valence-electron chi connectivity index (χ0n) is 8.40. The van der Waals surface area contributed by atoms with E-state index in [1.807, 2.05) is 25.1 Å². The van der Waals surface area contributed by atoms with E-state index in [2.05, 4.69) is 15.9 Å². The van der Waals surface area contributed by atoms with E-state index in [1.165, 1.54) is 0 Å². The van der Waals surface area contributed by atoms with Crippen LogP contribution in [-0.2, 0) is 4.79 Å². The van der Waals surface area contributed by atoms with Gasteiger partial charge in [-0.1, -0.05) is 15.9 Å². The van der Waals surface area contributed by atoms with Crippen LogP contribution in [0.25, 0.3) is 0 Å². The van der Waals surface area contributed by atoms with Gasteiger partial charge in [0.1, 0.15) is 0 Å². The van der Waals surface area contributed by atoms with Gasteiger partial charge >= 0.3 is 0 Å². The Morgan fingerprint density at radius 3 is 2.73 bits per heavy atom. The number of aliphatic hydroxyl groups excluding tert-OH is 1. The summed E-state index contributed by atoms with van der Waals surface area (Å²) in [5, 5.41) is 9.40. The Kier molecular flexibility index (Phi) is 2.80. The molecule has 1 unspecified atom stereocenters. The summed E-state index contributed by atoms with van der Waals surface area (Å²) < 4.78 is 0.951. The third-order valence-electron chi connectivity index (χ3n) is 2.44. The van der Waals surface area contributed by atoms with Crippen molar-refractivity contribution in [2.45, 2.75) is 19.4 Å². The molecule has 1 heterocycles. The molecule has 1 aliphatic heterocycles. The van der Waals surface area contributed by atoms with Crippen LogP contribution < -0.4 is 4.90 Å². The highest BCUT2D eigenvalue weighted by Gasteiger charge is 2.29. The molecule has 15 heavy (non-hydrogen) atoms. The molecule has 0 radical (unpaired) electrons. The molecule has 1 aliphatic rings. The zero-order chi connectivity index (χ0) is 11.0. The quantitative estimate of drug-likeness (QED) is 0.846. The van der Waals surface area contributed by atoms with E-state index in [-0.39, 0.29) is 12.3 Å². The second-order valence-electron chi connectivity index (χ2n) is 3.85. The van der Waals surface area contributed by atoms with Gasteiger partial charge in [0, 0.05) is 10.2 Å². The number of hydrogen-bond acceptors (Lipinski definition) is 2. The first-order valence-electron chi connectivity index (χ1n) is 4.82. The van der Waals surface area contributed by atoms with Crippen LogP contribution >= 0.6 is 15.9 Å². The molecule has 1 N–H and O–H groups in total. The standard InChI is InChI=1S/C11H12BrNO2/c1-7-2-8(12)4-9(3-7)13-6-10(14)5-11(13)15/h2-4,10,14H,5-6H2,1H3. The number of halogens is 1. The number of aryl methyl sites for hydroxylation is 1. The SMILES string of the molecule is Cc1cc(Br)cc(N2CC(O)CC2=O)c1. The largest absolute Gasteiger partial charge is 0.391 e. The molecule has 0 aromatic heterocycles. The topological polar surface area (TPSA) is 40.5 Å². The average molecular weight is 270 g/mol. The molecule has 3 nitrogen and oxygen atoms in total. The molecule has 1 atom stereocenters. The summed E-state index contributed by atoms with van der Waals surface area (Å²) >= 11 is 3.39. The number of hydrogen-bond donors (Lipinski definition) is 1. The van der Waals surface area contributed by atoms with Gasteiger partial charge in [0.25, 0.3) is 0 Å². The normalized spacial score (nSPS) is 21.1. The third kappa shape index (κ3) is 2.21. The van der Waals surface area contributed by atoms with Crippen LogP contribution in [0.5, 0.6) is 0 Å². The van der Waals surface area contributed by atoms with Crippen molar-refractivity contribution in [1.29, 1.82) is 0 Å². The van der Waals surface area contributed by atoms with Gasteiger partial charge in [-0.05, 0) is 30.7 Å². The number of rotatable bonds is 1. The molecule has 1 saturated heterocycles. The van der Waals surface area contributed by atoms with Crippen molar-refractivity contribution in [3.63, 3.8) is 0 Å². The maximum Gasteiger partial charge on any atom is 0.229 e. The molecular weight excluding hydrogens is 258 g/mol. The monoisotopic (exact) mass is 269 g/mol. The molecular formula is C11H12BrNO2. The molecule has 0 aliphatic carbocycles. The summed E-state index contributed by atoms with van der Waals surface area (Å²) in [6.07, 6.45) is -0.303. The predicted octanol–water partition coefficient (Wildman–Crippen LogP) is 1.86. The van der Waals surface area contributed by atoms with Crippen LogP contribution in [0.2, 0.25) is 0 Å². The fourth-order valence-corrected chi connectivity index (χ4v) is 2.41. The molecule has 1 aromatic rings. The summed E-state index contributed by atoms with van der Waals surface area (Å²) in [5.41, 5.74) is 1.94. The highest BCUT2D eigenvalue weighted by Crippen LogP contribution is 2.26. The first-order chi connectivity index (χ1) is 7.06. The van der Waals surface area contributed by atoms with Gasteiger partial charge in [-0.3, -0.25) is 4.79 Å². The van der Waals surface area contributed by atoms with Crippen molar-refractivity contribution in [2.24, 2.45) is 0 Å². The van der Waals surface area contributed by atoms with Crippen LogP contribution in [0.3, 0.4) is 0 Å². The molecule has 1 aromatic carbocycles. The van der Waals surface area contributed by atoms with Crippen molar-refractivity contribution < 1.29 is 9.90 Å². The lowest BCUT2D eigenvalue weighted by atomic mass is 10.2. The molecule has 80 valence electrons. The van der Waals surface area contributed by atoms with Gasteiger partial charge in [-0.15, -0.1) is 0 Å². The number of anilines is 1. The minimum atomic E-state index is -0.531. The van der Waals surface area contributed by atoms with E-state index in [0.717, 1.165) is 15.7 Å². The molecule has 4 heteroatoms. The van der Waals surface area contributed by atoms with Crippen molar-refractivity contribution in [3.8, 4) is 0 Å². The van der Waals surface area contributed by atoms with Crippen molar-refractivity contribution in [2.75, 3.05) is 11.4 Å². The van der Waals surface area contributed by atoms with Crippen LogP contribution in [0.1, 0.15) is 12.0 Å². The van der Waals surface area contributed by atoms with Gasteiger partial charge in [0.2, 0.25) is 5.91 Å². The predicted molar refractivity (Wildman–Crippen MR) is 61.9 cm³/mol. The lowest BCUT2D eigenvalue weighted by molar-refractivity contribution is -0.117. The van der Waals surface area contributed by atoms with E-state index in [9.17, 15) is 9.90 Å². The van der Waals surface area contributed by atoms with Gasteiger partial charge in [-0.25, -0.2) is 0 Å². The number of benzene rings is 1. The summed E-state index contributed by atoms with van der Waals surface area (Å²) in [4.78, 5) is 13.2. The number of nitrogens with zero attached hydrogens (tertiary/aromatic N) is 1. The molecule has 1 fully saturated rings. The maximum absolute atomic E-state index is 11.6. The fourth-order valence-electron chi connectivity index (χ4n) is 1.81. The third-order valence-corrected chi connectivity index (χ3v) is 2.90. The van der Waals surface area contributed by atoms with Crippen LogP contribution in [-0.4, -0.2) is 23.7 Å². The summed E-state index contributed by atoms with van der Waals surface area (Å²) in [7, 11) is 0. The Balaban J connectivity index is 2.33. The Morgan fingerprint density at radius 2 is 2.20 bits per heavy atom. The van der Waals surface area contributed by atoms with E-state index in [4.69, 9.17) is 0 Å². The van der Waals surface area contributed by atoms with Gasteiger partial charge < -0.3 is 10.0 Å². The van der Waals surface area contributed by atoms with E-state index in [1.54, 1.807) is 4.90 Å². The Hall–Kier alpha value is -0.870. The smallest absolute Gasteiger partial charge is 0.229 e. The Labute approximate surface area is 96.8 Å². The average Bonchev–Trinajstić information content (AvgIpc) is 2.43. The first-order valence-corrected chi connectivity index (χ1v) is 5.61. The molecule has 0 spiro atoms. The van der Waals surface area contributed by atoms with Gasteiger partial charge in [-0.2, -0.15) is 0 Å². The van der Waals surface area contributed by atoms with E-state index >= 15 is 0 Å². The van der Waals surface area contributed by atoms with E-state index in [0.29, 0.717) is 6.54 Å². The number of aliphatic hydroxyl groups is 1. The summed E-state index contributed by atoms with van der Waals surface area (Å²) in [5.74, 6) is -0.0139. The van der Waals surface area contributed by atoms with Crippen molar-refractivity contribution in [1.82, 2.24) is 0 Å². The number of carbonyl (C=O) groups excluding carboxylic acids is 1. The highest BCUT2D eigenvalue weighted by atomic mass is 79.9. The summed E-state index contributed by atoms with van der Waals surface area (Å²) in [6.45, 7) is 2.37. The van der Waals surface area contributed by atoms with Gasteiger partial charge in [0.05, 0.1) is 19.1 Å². The lowest BCUT2D eigenvalue weighted by Crippen LogP contribution is -2.25. The number of β-amino-alcohol motifs (C(OH)–C–C–N with tert-alkyl or cyclic N) is 1. The second-order valence-corrected chi connectivity index (χ2v) is 4.76. The minimum Gasteiger partial charge on any atom is -0.391 e. The minimum absolute atomic E-state index is 0.0139. The second kappa shape index (κ2) is 3.94. The maximum atomic E-state index is 11.6. The van der Waals surface area contributed by atoms with Crippen LogP contribution in [0, 0.1) is 6.92 Å². The molecule has 2 rings (SSSR count). The molecule has 0 bridgehead atoms. The summed E-state index contributed by atoms with van der Waals surface area (Å²) in [6, 6.07) is 5.82. The number of carbonyl (C=O) groups is 1.